The molecule has 2 aliphatic heterocycles. The number of rotatable bonds is 2. The monoisotopic (exact) mass is 285 g/mol. The predicted octanol–water partition coefficient (Wildman–Crippen LogP) is 0.433. The van der Waals surface area contributed by atoms with Crippen LogP contribution in [0.1, 0.15) is 12.8 Å². The number of likely N-dealkylation sites (tertiary alicyclic amines) is 1. The summed E-state index contributed by atoms with van der Waals surface area (Å²) >= 11 is 0. The molecule has 1 aromatic carbocycles. The Balaban J connectivity index is 1.57. The smallest absolute Gasteiger partial charge is 0.278 e. The summed E-state index contributed by atoms with van der Waals surface area (Å²) in [5.74, 6) is 0.711. The van der Waals surface area contributed by atoms with E-state index in [1.54, 1.807) is 0 Å². The summed E-state index contributed by atoms with van der Waals surface area (Å²) in [5, 5.41) is 12.4. The molecule has 0 amide bonds. The molecule has 21 heavy (non-hydrogen) atoms. The standard InChI is InChI=1S/C15H19N5O/c21-15-12-5-1-2-6-13(12)17-18-20(15)10-19-8-11-4-3-7-16-14(11)9-19/h1-2,5-6,11,14,16H,3-4,7-10H2/t11-,14+/m0/s1. The second-order valence-corrected chi connectivity index (χ2v) is 6.05. The Morgan fingerprint density at radius 2 is 2.19 bits per heavy atom. The van der Waals surface area contributed by atoms with Crippen molar-refractivity contribution in [3.05, 3.63) is 34.6 Å². The quantitative estimate of drug-likeness (QED) is 0.867. The maximum Gasteiger partial charge on any atom is 0.278 e. The molecular weight excluding hydrogens is 266 g/mol. The van der Waals surface area contributed by atoms with Gasteiger partial charge in [0.05, 0.1) is 12.1 Å². The Morgan fingerprint density at radius 3 is 3.10 bits per heavy atom. The Hall–Kier alpha value is -1.79. The molecule has 2 aliphatic rings. The minimum Gasteiger partial charge on any atom is -0.312 e. The van der Waals surface area contributed by atoms with Crippen LogP contribution in [-0.2, 0) is 6.67 Å². The topological polar surface area (TPSA) is 63.1 Å². The van der Waals surface area contributed by atoms with Crippen LogP contribution in [0.2, 0.25) is 0 Å². The largest absolute Gasteiger partial charge is 0.312 e. The van der Waals surface area contributed by atoms with Crippen molar-refractivity contribution >= 4 is 10.9 Å². The first-order chi connectivity index (χ1) is 10.3. The molecule has 3 heterocycles. The molecule has 1 N–H and O–H groups in total. The molecule has 0 bridgehead atoms. The van der Waals surface area contributed by atoms with Gasteiger partial charge in [0, 0.05) is 19.1 Å². The number of benzene rings is 1. The summed E-state index contributed by atoms with van der Waals surface area (Å²) in [7, 11) is 0. The molecule has 2 saturated heterocycles. The molecule has 0 unspecified atom stereocenters. The first-order valence-electron chi connectivity index (χ1n) is 7.59. The third kappa shape index (κ3) is 2.34. The number of hydrogen-bond donors (Lipinski definition) is 1. The van der Waals surface area contributed by atoms with E-state index in [0.717, 1.165) is 19.6 Å². The molecule has 4 rings (SSSR count). The van der Waals surface area contributed by atoms with Crippen molar-refractivity contribution in [2.45, 2.75) is 25.6 Å². The average molecular weight is 285 g/mol. The van der Waals surface area contributed by atoms with E-state index in [-0.39, 0.29) is 5.56 Å². The molecule has 2 atom stereocenters. The van der Waals surface area contributed by atoms with Gasteiger partial charge in [-0.3, -0.25) is 9.69 Å². The summed E-state index contributed by atoms with van der Waals surface area (Å²) in [4.78, 5) is 14.8. The maximum atomic E-state index is 12.4. The molecule has 6 nitrogen and oxygen atoms in total. The van der Waals surface area contributed by atoms with Gasteiger partial charge in [-0.15, -0.1) is 5.10 Å². The number of nitrogens with zero attached hydrogens (tertiary/aromatic N) is 4. The van der Waals surface area contributed by atoms with Crippen molar-refractivity contribution in [2.75, 3.05) is 19.6 Å². The van der Waals surface area contributed by atoms with Crippen LogP contribution in [0.3, 0.4) is 0 Å². The molecule has 6 heteroatoms. The lowest BCUT2D eigenvalue weighted by molar-refractivity contribution is 0.235. The van der Waals surface area contributed by atoms with Crippen LogP contribution in [0.4, 0.5) is 0 Å². The van der Waals surface area contributed by atoms with E-state index < -0.39 is 0 Å². The molecule has 2 aromatic rings. The zero-order valence-corrected chi connectivity index (χ0v) is 11.9. The summed E-state index contributed by atoms with van der Waals surface area (Å²) in [6.45, 7) is 3.68. The van der Waals surface area contributed by atoms with Crippen LogP contribution in [0.15, 0.2) is 29.1 Å². The van der Waals surface area contributed by atoms with Crippen LogP contribution in [0, 0.1) is 5.92 Å². The highest BCUT2D eigenvalue weighted by atomic mass is 16.1. The van der Waals surface area contributed by atoms with E-state index in [4.69, 9.17) is 0 Å². The van der Waals surface area contributed by atoms with E-state index in [0.29, 0.717) is 29.5 Å². The van der Waals surface area contributed by atoms with Gasteiger partial charge in [-0.25, -0.2) is 0 Å². The van der Waals surface area contributed by atoms with E-state index in [1.807, 2.05) is 24.3 Å². The Morgan fingerprint density at radius 1 is 1.29 bits per heavy atom. The van der Waals surface area contributed by atoms with E-state index in [2.05, 4.69) is 20.5 Å². The molecular formula is C15H19N5O. The summed E-state index contributed by atoms with van der Waals surface area (Å²) in [5.41, 5.74) is 0.610. The van der Waals surface area contributed by atoms with E-state index in [9.17, 15) is 4.79 Å². The van der Waals surface area contributed by atoms with Gasteiger partial charge >= 0.3 is 0 Å². The zero-order chi connectivity index (χ0) is 14.2. The van der Waals surface area contributed by atoms with Crippen LogP contribution in [0.5, 0.6) is 0 Å². The van der Waals surface area contributed by atoms with E-state index >= 15 is 0 Å². The van der Waals surface area contributed by atoms with Gasteiger partial charge < -0.3 is 5.32 Å². The summed E-state index contributed by atoms with van der Waals surface area (Å²) in [6, 6.07) is 7.95. The third-order valence-corrected chi connectivity index (χ3v) is 4.64. The highest BCUT2D eigenvalue weighted by Gasteiger charge is 2.34. The van der Waals surface area contributed by atoms with Gasteiger partial charge in [0.25, 0.3) is 5.56 Å². The number of piperidine rings is 1. The Labute approximate surface area is 122 Å². The average Bonchev–Trinajstić information content (AvgIpc) is 2.93. The molecule has 0 spiro atoms. The number of nitrogens with one attached hydrogen (secondary N) is 1. The highest BCUT2D eigenvalue weighted by molar-refractivity contribution is 5.76. The fourth-order valence-electron chi connectivity index (χ4n) is 3.56. The van der Waals surface area contributed by atoms with Gasteiger partial charge in [0.15, 0.2) is 0 Å². The normalized spacial score (nSPS) is 26.1. The summed E-state index contributed by atoms with van der Waals surface area (Å²) < 4.78 is 1.49. The zero-order valence-electron chi connectivity index (χ0n) is 11.9. The Kier molecular flexibility index (Phi) is 3.20. The van der Waals surface area contributed by atoms with Crippen molar-refractivity contribution in [3.8, 4) is 0 Å². The van der Waals surface area contributed by atoms with Crippen molar-refractivity contribution in [1.29, 1.82) is 0 Å². The van der Waals surface area contributed by atoms with Crippen molar-refractivity contribution in [1.82, 2.24) is 25.2 Å². The third-order valence-electron chi connectivity index (χ3n) is 4.64. The van der Waals surface area contributed by atoms with Crippen LogP contribution in [0.25, 0.3) is 10.9 Å². The first-order valence-corrected chi connectivity index (χ1v) is 7.59. The van der Waals surface area contributed by atoms with Gasteiger partial charge in [-0.2, -0.15) is 4.68 Å². The SMILES string of the molecule is O=c1c2ccccc2nnn1CN1C[C@@H]2CCCN[C@@H]2C1. The van der Waals surface area contributed by atoms with Crippen molar-refractivity contribution in [3.63, 3.8) is 0 Å². The Bertz CT molecular complexity index is 699. The lowest BCUT2D eigenvalue weighted by Crippen LogP contribution is -2.41. The van der Waals surface area contributed by atoms with Gasteiger partial charge in [-0.1, -0.05) is 17.3 Å². The maximum absolute atomic E-state index is 12.4. The molecule has 0 aliphatic carbocycles. The van der Waals surface area contributed by atoms with Crippen LogP contribution in [-0.4, -0.2) is 45.6 Å². The van der Waals surface area contributed by atoms with Crippen molar-refractivity contribution in [2.24, 2.45) is 5.92 Å². The predicted molar refractivity (Wildman–Crippen MR) is 79.9 cm³/mol. The molecule has 2 fully saturated rings. The molecule has 0 saturated carbocycles. The molecule has 0 radical (unpaired) electrons. The fraction of sp³-hybridized carbons (Fsp3) is 0.533. The van der Waals surface area contributed by atoms with Gasteiger partial charge in [0.1, 0.15) is 5.52 Å². The molecule has 110 valence electrons. The van der Waals surface area contributed by atoms with Crippen LogP contribution < -0.4 is 10.9 Å². The van der Waals surface area contributed by atoms with Crippen molar-refractivity contribution < 1.29 is 0 Å². The number of hydrogen-bond acceptors (Lipinski definition) is 5. The first kappa shape index (κ1) is 12.9. The van der Waals surface area contributed by atoms with Gasteiger partial charge in [0.2, 0.25) is 0 Å². The second-order valence-electron chi connectivity index (χ2n) is 6.05. The van der Waals surface area contributed by atoms with Crippen LogP contribution >= 0.6 is 0 Å². The summed E-state index contributed by atoms with van der Waals surface area (Å²) in [6.07, 6.45) is 2.54. The lowest BCUT2D eigenvalue weighted by atomic mass is 9.94. The lowest BCUT2D eigenvalue weighted by Gasteiger charge is -2.24. The highest BCUT2D eigenvalue weighted by Crippen LogP contribution is 2.24. The minimum absolute atomic E-state index is 0.0524. The van der Waals surface area contributed by atoms with E-state index in [1.165, 1.54) is 17.5 Å². The second kappa shape index (κ2) is 5.20. The number of fused-ring (bicyclic) bond motifs is 2. The fourth-order valence-corrected chi connectivity index (χ4v) is 3.56. The van der Waals surface area contributed by atoms with Gasteiger partial charge in [-0.05, 0) is 37.4 Å². The molecule has 1 aromatic heterocycles. The minimum atomic E-state index is -0.0524. The number of aromatic nitrogens is 3.